The van der Waals surface area contributed by atoms with Crippen LogP contribution in [-0.4, -0.2) is 15.6 Å². The summed E-state index contributed by atoms with van der Waals surface area (Å²) in [5.41, 5.74) is 3.90. The van der Waals surface area contributed by atoms with E-state index in [-0.39, 0.29) is 0 Å². The highest BCUT2D eigenvalue weighted by Crippen LogP contribution is 2.25. The van der Waals surface area contributed by atoms with Crippen molar-refractivity contribution in [2.45, 2.75) is 25.3 Å². The summed E-state index contributed by atoms with van der Waals surface area (Å²) in [6, 6.07) is 9.09. The molecule has 1 unspecified atom stereocenters. The molecule has 0 aliphatic carbocycles. The highest BCUT2D eigenvalue weighted by molar-refractivity contribution is 5.53. The standard InChI is InChI=1S/C14H17N3/c1-17-9-13(15-10-17)8-12-7-6-11-4-2-3-5-14(11)16-12/h2-5,9-10,12,16H,6-8H2,1H3. The van der Waals surface area contributed by atoms with Crippen LogP contribution >= 0.6 is 0 Å². The van der Waals surface area contributed by atoms with E-state index in [1.54, 1.807) is 0 Å². The first-order chi connectivity index (χ1) is 8.31. The number of para-hydroxylation sites is 1. The van der Waals surface area contributed by atoms with Crippen molar-refractivity contribution >= 4 is 5.69 Å². The number of anilines is 1. The molecule has 1 N–H and O–H groups in total. The predicted molar refractivity (Wildman–Crippen MR) is 69.1 cm³/mol. The van der Waals surface area contributed by atoms with Crippen molar-refractivity contribution in [1.82, 2.24) is 9.55 Å². The van der Waals surface area contributed by atoms with Crippen LogP contribution in [-0.2, 0) is 19.9 Å². The van der Waals surface area contributed by atoms with Gasteiger partial charge in [0.05, 0.1) is 12.0 Å². The van der Waals surface area contributed by atoms with E-state index in [2.05, 4.69) is 40.8 Å². The van der Waals surface area contributed by atoms with Crippen LogP contribution in [0.5, 0.6) is 0 Å². The molecule has 0 radical (unpaired) electrons. The molecule has 1 aliphatic rings. The molecular weight excluding hydrogens is 210 g/mol. The maximum Gasteiger partial charge on any atom is 0.0946 e. The molecule has 2 heterocycles. The second kappa shape index (κ2) is 4.24. The molecule has 1 aliphatic heterocycles. The van der Waals surface area contributed by atoms with Crippen molar-refractivity contribution in [1.29, 1.82) is 0 Å². The van der Waals surface area contributed by atoms with Gasteiger partial charge in [0.15, 0.2) is 0 Å². The molecule has 3 heteroatoms. The average Bonchev–Trinajstić information content (AvgIpc) is 2.75. The average molecular weight is 227 g/mol. The smallest absolute Gasteiger partial charge is 0.0946 e. The summed E-state index contributed by atoms with van der Waals surface area (Å²) in [7, 11) is 2.01. The number of hydrogen-bond donors (Lipinski definition) is 1. The van der Waals surface area contributed by atoms with Gasteiger partial charge in [-0.05, 0) is 24.5 Å². The molecule has 0 fully saturated rings. The molecule has 17 heavy (non-hydrogen) atoms. The molecule has 1 aromatic carbocycles. The second-order valence-electron chi connectivity index (χ2n) is 4.77. The number of nitrogens with one attached hydrogen (secondary N) is 1. The van der Waals surface area contributed by atoms with Gasteiger partial charge in [-0.3, -0.25) is 0 Å². The Kier molecular flexibility index (Phi) is 2.59. The zero-order chi connectivity index (χ0) is 11.7. The lowest BCUT2D eigenvalue weighted by Crippen LogP contribution is -2.27. The summed E-state index contributed by atoms with van der Waals surface area (Å²) >= 11 is 0. The van der Waals surface area contributed by atoms with Crippen molar-refractivity contribution in [3.8, 4) is 0 Å². The SMILES string of the molecule is Cn1cnc(CC2CCc3ccccc3N2)c1. The van der Waals surface area contributed by atoms with Crippen LogP contribution in [0.15, 0.2) is 36.8 Å². The van der Waals surface area contributed by atoms with Crippen LogP contribution in [0.4, 0.5) is 5.69 Å². The molecule has 3 nitrogen and oxygen atoms in total. The molecule has 2 aromatic rings. The van der Waals surface area contributed by atoms with Gasteiger partial charge < -0.3 is 9.88 Å². The van der Waals surface area contributed by atoms with Gasteiger partial charge in [-0.25, -0.2) is 4.98 Å². The molecule has 1 aromatic heterocycles. The topological polar surface area (TPSA) is 29.9 Å². The number of nitrogens with zero attached hydrogens (tertiary/aromatic N) is 2. The van der Waals surface area contributed by atoms with E-state index in [9.17, 15) is 0 Å². The Labute approximate surface area is 101 Å². The van der Waals surface area contributed by atoms with Gasteiger partial charge in [-0.1, -0.05) is 18.2 Å². The van der Waals surface area contributed by atoms with Gasteiger partial charge >= 0.3 is 0 Å². The van der Waals surface area contributed by atoms with E-state index < -0.39 is 0 Å². The van der Waals surface area contributed by atoms with Crippen LogP contribution in [0.3, 0.4) is 0 Å². The van der Waals surface area contributed by atoms with Crippen LogP contribution in [0.1, 0.15) is 17.7 Å². The molecule has 0 saturated heterocycles. The number of aromatic nitrogens is 2. The van der Waals surface area contributed by atoms with E-state index >= 15 is 0 Å². The highest BCUT2D eigenvalue weighted by Gasteiger charge is 2.17. The third-order valence-corrected chi connectivity index (χ3v) is 3.35. The van der Waals surface area contributed by atoms with Crippen molar-refractivity contribution in [3.63, 3.8) is 0 Å². The maximum absolute atomic E-state index is 4.39. The Morgan fingerprint density at radius 1 is 1.41 bits per heavy atom. The highest BCUT2D eigenvalue weighted by atomic mass is 15.0. The first kappa shape index (κ1) is 10.4. The van der Waals surface area contributed by atoms with Crippen LogP contribution in [0.2, 0.25) is 0 Å². The summed E-state index contributed by atoms with van der Waals surface area (Å²) in [5, 5.41) is 3.61. The van der Waals surface area contributed by atoms with Gasteiger partial charge in [0.1, 0.15) is 0 Å². The Morgan fingerprint density at radius 3 is 3.12 bits per heavy atom. The largest absolute Gasteiger partial charge is 0.382 e. The minimum atomic E-state index is 0.514. The predicted octanol–water partition coefficient (Wildman–Crippen LogP) is 2.39. The monoisotopic (exact) mass is 227 g/mol. The Hall–Kier alpha value is -1.77. The van der Waals surface area contributed by atoms with Gasteiger partial charge in [-0.2, -0.15) is 0 Å². The number of hydrogen-bond acceptors (Lipinski definition) is 2. The molecule has 0 spiro atoms. The van der Waals surface area contributed by atoms with Crippen molar-refractivity contribution in [2.24, 2.45) is 7.05 Å². The van der Waals surface area contributed by atoms with Gasteiger partial charge in [0.2, 0.25) is 0 Å². The molecule has 3 rings (SSSR count). The van der Waals surface area contributed by atoms with Gasteiger partial charge in [-0.15, -0.1) is 0 Å². The number of imidazole rings is 1. The second-order valence-corrected chi connectivity index (χ2v) is 4.77. The number of fused-ring (bicyclic) bond motifs is 1. The van der Waals surface area contributed by atoms with Crippen molar-refractivity contribution < 1.29 is 0 Å². The first-order valence-electron chi connectivity index (χ1n) is 6.12. The lowest BCUT2D eigenvalue weighted by atomic mass is 9.95. The number of aryl methyl sites for hydroxylation is 2. The fourth-order valence-corrected chi connectivity index (χ4v) is 2.48. The van der Waals surface area contributed by atoms with E-state index in [0.29, 0.717) is 6.04 Å². The van der Waals surface area contributed by atoms with E-state index in [1.807, 2.05) is 17.9 Å². The quantitative estimate of drug-likeness (QED) is 0.853. The molecule has 0 saturated carbocycles. The van der Waals surface area contributed by atoms with Crippen LogP contribution in [0, 0.1) is 0 Å². The molecule has 1 atom stereocenters. The number of benzene rings is 1. The summed E-state index contributed by atoms with van der Waals surface area (Å²) in [4.78, 5) is 4.39. The Morgan fingerprint density at radius 2 is 2.29 bits per heavy atom. The Bertz CT molecular complexity index is 516. The van der Waals surface area contributed by atoms with Crippen molar-refractivity contribution in [2.75, 3.05) is 5.32 Å². The fraction of sp³-hybridized carbons (Fsp3) is 0.357. The molecule has 0 bridgehead atoms. The fourth-order valence-electron chi connectivity index (χ4n) is 2.48. The normalized spacial score (nSPS) is 18.5. The van der Waals surface area contributed by atoms with E-state index in [4.69, 9.17) is 0 Å². The molecule has 88 valence electrons. The molecule has 0 amide bonds. The number of rotatable bonds is 2. The van der Waals surface area contributed by atoms with E-state index in [0.717, 1.165) is 6.42 Å². The zero-order valence-electron chi connectivity index (χ0n) is 10.1. The lowest BCUT2D eigenvalue weighted by molar-refractivity contribution is 0.621. The van der Waals surface area contributed by atoms with Gasteiger partial charge in [0.25, 0.3) is 0 Å². The zero-order valence-corrected chi connectivity index (χ0v) is 10.1. The van der Waals surface area contributed by atoms with Crippen LogP contribution < -0.4 is 5.32 Å². The van der Waals surface area contributed by atoms with Gasteiger partial charge in [0, 0.05) is 31.4 Å². The Balaban J connectivity index is 1.72. The van der Waals surface area contributed by atoms with E-state index in [1.165, 1.54) is 29.8 Å². The third-order valence-electron chi connectivity index (χ3n) is 3.35. The van der Waals surface area contributed by atoms with Crippen LogP contribution in [0.25, 0.3) is 0 Å². The summed E-state index contributed by atoms with van der Waals surface area (Å²) in [6.45, 7) is 0. The minimum Gasteiger partial charge on any atom is -0.382 e. The summed E-state index contributed by atoms with van der Waals surface area (Å²) in [5.74, 6) is 0. The minimum absolute atomic E-state index is 0.514. The molecular formula is C14H17N3. The summed E-state index contributed by atoms with van der Waals surface area (Å²) in [6.07, 6.45) is 7.33. The van der Waals surface area contributed by atoms with Crippen molar-refractivity contribution in [3.05, 3.63) is 48.0 Å². The lowest BCUT2D eigenvalue weighted by Gasteiger charge is -2.26. The maximum atomic E-state index is 4.39. The summed E-state index contributed by atoms with van der Waals surface area (Å²) < 4.78 is 2.01. The first-order valence-corrected chi connectivity index (χ1v) is 6.12. The third kappa shape index (κ3) is 2.18.